The summed E-state index contributed by atoms with van der Waals surface area (Å²) in [5, 5.41) is 3.66. The van der Waals surface area contributed by atoms with E-state index in [1.807, 2.05) is 91.0 Å². The molecular formula is C35H37ClN2O2. The Morgan fingerprint density at radius 3 is 1.82 bits per heavy atom. The highest BCUT2D eigenvalue weighted by atomic mass is 35.5. The number of hydrogen-bond acceptors (Lipinski definition) is 2. The molecule has 1 N–H and O–H groups in total. The third-order valence-electron chi connectivity index (χ3n) is 7.04. The van der Waals surface area contributed by atoms with Crippen LogP contribution in [0.1, 0.15) is 48.4 Å². The smallest absolute Gasteiger partial charge is 0.243 e. The normalized spacial score (nSPS) is 11.8. The minimum atomic E-state index is -0.697. The Balaban J connectivity index is 1.73. The van der Waals surface area contributed by atoms with Crippen molar-refractivity contribution in [3.05, 3.63) is 143 Å². The zero-order valence-electron chi connectivity index (χ0n) is 23.2. The predicted molar refractivity (Wildman–Crippen MR) is 163 cm³/mol. The van der Waals surface area contributed by atoms with E-state index in [0.717, 1.165) is 22.3 Å². The van der Waals surface area contributed by atoms with E-state index in [0.29, 0.717) is 18.0 Å². The summed E-state index contributed by atoms with van der Waals surface area (Å²) in [6, 6.07) is 36.8. The van der Waals surface area contributed by atoms with Crippen molar-refractivity contribution >= 4 is 23.4 Å². The van der Waals surface area contributed by atoms with E-state index in [9.17, 15) is 9.59 Å². The SMILES string of the molecule is CC(C)CNC(=O)[C@H](Cc1ccccc1)N(Cc1ccccc1Cl)C(=O)CC(c1ccccc1)c1ccccc1. The van der Waals surface area contributed by atoms with Gasteiger partial charge in [-0.05, 0) is 34.2 Å². The first-order valence-corrected chi connectivity index (χ1v) is 14.2. The number of hydrogen-bond donors (Lipinski definition) is 1. The number of halogens is 1. The Kier molecular flexibility index (Phi) is 10.5. The molecular weight excluding hydrogens is 516 g/mol. The molecule has 0 bridgehead atoms. The van der Waals surface area contributed by atoms with Crippen molar-refractivity contribution in [1.82, 2.24) is 10.2 Å². The molecule has 0 saturated heterocycles. The summed E-state index contributed by atoms with van der Waals surface area (Å²) < 4.78 is 0. The molecule has 206 valence electrons. The maximum atomic E-state index is 14.4. The van der Waals surface area contributed by atoms with Crippen LogP contribution in [-0.4, -0.2) is 29.3 Å². The second kappa shape index (κ2) is 14.5. The van der Waals surface area contributed by atoms with Crippen molar-refractivity contribution in [3.63, 3.8) is 0 Å². The van der Waals surface area contributed by atoms with Gasteiger partial charge in [-0.15, -0.1) is 0 Å². The lowest BCUT2D eigenvalue weighted by Crippen LogP contribution is -2.51. The minimum Gasteiger partial charge on any atom is -0.354 e. The second-order valence-electron chi connectivity index (χ2n) is 10.5. The minimum absolute atomic E-state index is 0.0988. The maximum Gasteiger partial charge on any atom is 0.243 e. The van der Waals surface area contributed by atoms with E-state index < -0.39 is 6.04 Å². The topological polar surface area (TPSA) is 49.4 Å². The summed E-state index contributed by atoms with van der Waals surface area (Å²) in [7, 11) is 0. The van der Waals surface area contributed by atoms with Gasteiger partial charge in [0.15, 0.2) is 0 Å². The fourth-order valence-corrected chi connectivity index (χ4v) is 5.07. The molecule has 4 nitrogen and oxygen atoms in total. The lowest BCUT2D eigenvalue weighted by molar-refractivity contribution is -0.141. The lowest BCUT2D eigenvalue weighted by Gasteiger charge is -2.33. The first kappa shape index (κ1) is 29.1. The monoisotopic (exact) mass is 552 g/mol. The van der Waals surface area contributed by atoms with Gasteiger partial charge in [0, 0.05) is 36.9 Å². The third kappa shape index (κ3) is 8.06. The molecule has 0 aliphatic carbocycles. The highest BCUT2D eigenvalue weighted by molar-refractivity contribution is 6.31. The summed E-state index contributed by atoms with van der Waals surface area (Å²) in [4.78, 5) is 29.9. The number of rotatable bonds is 12. The van der Waals surface area contributed by atoms with Crippen molar-refractivity contribution in [2.75, 3.05) is 6.54 Å². The van der Waals surface area contributed by atoms with Crippen molar-refractivity contribution < 1.29 is 9.59 Å². The summed E-state index contributed by atoms with van der Waals surface area (Å²) >= 11 is 6.58. The molecule has 0 spiro atoms. The Bertz CT molecular complexity index is 1320. The third-order valence-corrected chi connectivity index (χ3v) is 7.41. The molecule has 40 heavy (non-hydrogen) atoms. The van der Waals surface area contributed by atoms with Gasteiger partial charge < -0.3 is 10.2 Å². The van der Waals surface area contributed by atoms with Gasteiger partial charge in [0.05, 0.1) is 0 Å². The average molecular weight is 553 g/mol. The predicted octanol–water partition coefficient (Wildman–Crippen LogP) is 7.27. The lowest BCUT2D eigenvalue weighted by atomic mass is 9.87. The zero-order chi connectivity index (χ0) is 28.3. The molecule has 4 rings (SSSR count). The summed E-state index contributed by atoms with van der Waals surface area (Å²) in [5.41, 5.74) is 3.92. The number of carbonyl (C=O) groups is 2. The number of carbonyl (C=O) groups excluding carboxylic acids is 2. The maximum absolute atomic E-state index is 14.4. The van der Waals surface area contributed by atoms with Crippen LogP contribution < -0.4 is 5.32 Å². The Morgan fingerprint density at radius 1 is 0.750 bits per heavy atom. The molecule has 0 saturated carbocycles. The Labute approximate surface area is 243 Å². The fraction of sp³-hybridized carbons (Fsp3) is 0.257. The van der Waals surface area contributed by atoms with Gasteiger partial charge in [0.2, 0.25) is 11.8 Å². The Hall–Kier alpha value is -3.89. The van der Waals surface area contributed by atoms with Crippen molar-refractivity contribution in [1.29, 1.82) is 0 Å². The van der Waals surface area contributed by atoms with Crippen LogP contribution in [0, 0.1) is 5.92 Å². The second-order valence-corrected chi connectivity index (χ2v) is 10.9. The highest BCUT2D eigenvalue weighted by Gasteiger charge is 2.32. The molecule has 0 heterocycles. The standard InChI is InChI=1S/C35H37ClN2O2/c1-26(2)24-37-35(40)33(22-27-14-6-3-7-15-27)38(25-30-20-12-13-21-32(30)36)34(39)23-31(28-16-8-4-9-17-28)29-18-10-5-11-19-29/h3-21,26,31,33H,22-25H2,1-2H3,(H,37,40)/t33-/m0/s1. The fourth-order valence-electron chi connectivity index (χ4n) is 4.88. The molecule has 4 aromatic carbocycles. The molecule has 0 fully saturated rings. The average Bonchev–Trinajstić information content (AvgIpc) is 2.98. The van der Waals surface area contributed by atoms with Crippen molar-refractivity contribution in [2.24, 2.45) is 5.92 Å². The van der Waals surface area contributed by atoms with E-state index in [1.54, 1.807) is 4.90 Å². The molecule has 0 radical (unpaired) electrons. The number of nitrogens with zero attached hydrogens (tertiary/aromatic N) is 1. The van der Waals surface area contributed by atoms with Crippen LogP contribution in [0.2, 0.25) is 5.02 Å². The van der Waals surface area contributed by atoms with Gasteiger partial charge in [-0.1, -0.05) is 135 Å². The van der Waals surface area contributed by atoms with E-state index in [4.69, 9.17) is 11.6 Å². The molecule has 0 unspecified atom stereocenters. The summed E-state index contributed by atoms with van der Waals surface area (Å²) in [6.07, 6.45) is 0.629. The van der Waals surface area contributed by atoms with Gasteiger partial charge >= 0.3 is 0 Å². The van der Waals surface area contributed by atoms with Gasteiger partial charge in [0.25, 0.3) is 0 Å². The summed E-state index contributed by atoms with van der Waals surface area (Å²) in [6.45, 7) is 4.89. The van der Waals surface area contributed by atoms with Crippen molar-refractivity contribution in [2.45, 2.75) is 45.2 Å². The van der Waals surface area contributed by atoms with Crippen LogP contribution in [0.5, 0.6) is 0 Å². The molecule has 5 heteroatoms. The van der Waals surface area contributed by atoms with Crippen LogP contribution >= 0.6 is 11.6 Å². The van der Waals surface area contributed by atoms with Crippen LogP contribution in [0.4, 0.5) is 0 Å². The van der Waals surface area contributed by atoms with E-state index in [-0.39, 0.29) is 36.6 Å². The molecule has 1 atom stereocenters. The van der Waals surface area contributed by atoms with Crippen LogP contribution in [-0.2, 0) is 22.6 Å². The molecule has 0 aliphatic rings. The molecule has 2 amide bonds. The first-order chi connectivity index (χ1) is 19.4. The highest BCUT2D eigenvalue weighted by Crippen LogP contribution is 2.30. The van der Waals surface area contributed by atoms with E-state index in [1.165, 1.54) is 0 Å². The van der Waals surface area contributed by atoms with Crippen LogP contribution in [0.25, 0.3) is 0 Å². The molecule has 0 aliphatic heterocycles. The number of benzene rings is 4. The van der Waals surface area contributed by atoms with Crippen molar-refractivity contribution in [3.8, 4) is 0 Å². The number of amides is 2. The Morgan fingerprint density at radius 2 is 1.27 bits per heavy atom. The van der Waals surface area contributed by atoms with Gasteiger partial charge in [-0.25, -0.2) is 0 Å². The van der Waals surface area contributed by atoms with E-state index in [2.05, 4.69) is 43.4 Å². The molecule has 4 aromatic rings. The largest absolute Gasteiger partial charge is 0.354 e. The van der Waals surface area contributed by atoms with Gasteiger partial charge in [-0.3, -0.25) is 9.59 Å². The first-order valence-electron chi connectivity index (χ1n) is 13.9. The van der Waals surface area contributed by atoms with E-state index >= 15 is 0 Å². The summed E-state index contributed by atoms with van der Waals surface area (Å²) in [5.74, 6) is -0.124. The molecule has 0 aromatic heterocycles. The van der Waals surface area contributed by atoms with Gasteiger partial charge in [0.1, 0.15) is 6.04 Å². The number of nitrogens with one attached hydrogen (secondary N) is 1. The van der Waals surface area contributed by atoms with Crippen LogP contribution in [0.3, 0.4) is 0 Å². The zero-order valence-corrected chi connectivity index (χ0v) is 23.9. The van der Waals surface area contributed by atoms with Gasteiger partial charge in [-0.2, -0.15) is 0 Å². The van der Waals surface area contributed by atoms with Crippen LogP contribution in [0.15, 0.2) is 115 Å². The quantitative estimate of drug-likeness (QED) is 0.201.